The van der Waals surface area contributed by atoms with Gasteiger partial charge in [-0.2, -0.15) is 10.1 Å². The maximum absolute atomic E-state index is 13.1. The molecule has 0 fully saturated rings. The Balaban J connectivity index is 1.41. The van der Waals surface area contributed by atoms with Gasteiger partial charge in [0.05, 0.1) is 35.0 Å². The van der Waals surface area contributed by atoms with Gasteiger partial charge in [0, 0.05) is 12.1 Å². The quantitative estimate of drug-likeness (QED) is 0.295. The molecule has 3 aromatic heterocycles. The Bertz CT molecular complexity index is 1480. The van der Waals surface area contributed by atoms with Crippen molar-refractivity contribution < 1.29 is 18.8 Å². The highest BCUT2D eigenvalue weighted by molar-refractivity contribution is 6.03. The molecule has 0 amide bonds. The van der Waals surface area contributed by atoms with Crippen molar-refractivity contribution in [2.45, 2.75) is 27.0 Å². The van der Waals surface area contributed by atoms with Gasteiger partial charge in [-0.15, -0.1) is 0 Å². The summed E-state index contributed by atoms with van der Waals surface area (Å²) in [5.41, 5.74) is 3.24. The molecule has 5 rings (SSSR count). The van der Waals surface area contributed by atoms with Crippen LogP contribution in [0.3, 0.4) is 0 Å². The number of nitrogens with zero attached hydrogens (tertiary/aromatic N) is 5. The average molecular weight is 470 g/mol. The van der Waals surface area contributed by atoms with Crippen LogP contribution in [0.4, 0.5) is 0 Å². The summed E-state index contributed by atoms with van der Waals surface area (Å²) >= 11 is 0. The van der Waals surface area contributed by atoms with Crippen LogP contribution in [0.1, 0.15) is 30.1 Å². The number of ether oxygens (including phenoxy) is 2. The maximum atomic E-state index is 13.1. The fourth-order valence-corrected chi connectivity index (χ4v) is 3.77. The lowest BCUT2D eigenvalue weighted by atomic mass is 10.1. The number of aryl methyl sites for hydroxylation is 1. The zero-order chi connectivity index (χ0) is 24.2. The second-order valence-electron chi connectivity index (χ2n) is 7.64. The van der Waals surface area contributed by atoms with Crippen LogP contribution in [0.15, 0.2) is 71.4 Å². The molecule has 2 aromatic carbocycles. The molecule has 3 heterocycles. The Morgan fingerprint density at radius 2 is 1.83 bits per heavy atom. The summed E-state index contributed by atoms with van der Waals surface area (Å²) in [5.74, 6) is 0.666. The van der Waals surface area contributed by atoms with E-state index in [0.717, 1.165) is 5.56 Å². The smallest absolute Gasteiger partial charge is 0.339 e. The first-order chi connectivity index (χ1) is 17.2. The number of hydrogen-bond donors (Lipinski definition) is 0. The minimum atomic E-state index is -0.528. The highest BCUT2D eigenvalue weighted by atomic mass is 16.6. The Labute approximate surface area is 201 Å². The lowest BCUT2D eigenvalue weighted by Gasteiger charge is -2.08. The number of para-hydroxylation sites is 1. The molecule has 0 radical (unpaired) electrons. The van der Waals surface area contributed by atoms with Gasteiger partial charge in [0.15, 0.2) is 12.3 Å². The van der Waals surface area contributed by atoms with Crippen molar-refractivity contribution in [2.75, 3.05) is 6.61 Å². The summed E-state index contributed by atoms with van der Waals surface area (Å²) in [6.45, 7) is 4.84. The van der Waals surface area contributed by atoms with Gasteiger partial charge >= 0.3 is 5.97 Å². The van der Waals surface area contributed by atoms with Gasteiger partial charge in [-0.3, -0.25) is 0 Å². The molecule has 0 saturated heterocycles. The molecule has 0 bridgehead atoms. The molecule has 9 heteroatoms. The molecular weight excluding hydrogens is 446 g/mol. The van der Waals surface area contributed by atoms with Crippen LogP contribution in [-0.4, -0.2) is 37.5 Å². The predicted molar refractivity (Wildman–Crippen MR) is 129 cm³/mol. The monoisotopic (exact) mass is 469 g/mol. The van der Waals surface area contributed by atoms with E-state index in [1.165, 1.54) is 0 Å². The number of carbonyl (C=O) groups excluding carboxylic acids is 1. The summed E-state index contributed by atoms with van der Waals surface area (Å²) in [6, 6.07) is 18.8. The number of fused-ring (bicyclic) bond motifs is 1. The number of hydrogen-bond acceptors (Lipinski definition) is 8. The summed E-state index contributed by atoms with van der Waals surface area (Å²) in [5, 5.41) is 9.00. The van der Waals surface area contributed by atoms with Crippen LogP contribution in [0.2, 0.25) is 0 Å². The van der Waals surface area contributed by atoms with Crippen molar-refractivity contribution in [3.8, 4) is 28.4 Å². The largest absolute Gasteiger partial charge is 0.493 e. The highest BCUT2D eigenvalue weighted by Gasteiger charge is 2.20. The van der Waals surface area contributed by atoms with Crippen LogP contribution in [-0.2, 0) is 17.9 Å². The molecule has 176 valence electrons. The van der Waals surface area contributed by atoms with Crippen LogP contribution in [0.25, 0.3) is 33.7 Å². The van der Waals surface area contributed by atoms with Gasteiger partial charge in [-0.1, -0.05) is 47.6 Å². The Morgan fingerprint density at radius 1 is 1.03 bits per heavy atom. The van der Waals surface area contributed by atoms with Crippen molar-refractivity contribution >= 4 is 17.0 Å². The van der Waals surface area contributed by atoms with Gasteiger partial charge in [0.25, 0.3) is 5.89 Å². The number of aromatic nitrogens is 5. The fourth-order valence-electron chi connectivity index (χ4n) is 3.77. The van der Waals surface area contributed by atoms with Gasteiger partial charge in [0.1, 0.15) is 5.75 Å². The lowest BCUT2D eigenvalue weighted by Crippen LogP contribution is -2.08. The van der Waals surface area contributed by atoms with Gasteiger partial charge in [-0.25, -0.2) is 14.5 Å². The third kappa shape index (κ3) is 4.48. The molecule has 0 aliphatic heterocycles. The molecule has 0 saturated carbocycles. The molecule has 0 aliphatic rings. The molecular formula is C26H23N5O4. The SMILES string of the molecule is CCOc1ccccc1-c1noc(COC(=O)c2cc(-c3ccccc3)nc3c2cnn3CC)n1. The maximum Gasteiger partial charge on any atom is 0.339 e. The van der Waals surface area contributed by atoms with Crippen molar-refractivity contribution in [3.63, 3.8) is 0 Å². The molecule has 0 N–H and O–H groups in total. The number of benzene rings is 2. The number of esters is 1. The van der Waals surface area contributed by atoms with Crippen molar-refractivity contribution in [1.29, 1.82) is 0 Å². The first-order valence-corrected chi connectivity index (χ1v) is 11.3. The predicted octanol–water partition coefficient (Wildman–Crippen LogP) is 4.92. The zero-order valence-electron chi connectivity index (χ0n) is 19.3. The third-order valence-electron chi connectivity index (χ3n) is 5.42. The highest BCUT2D eigenvalue weighted by Crippen LogP contribution is 2.28. The van der Waals surface area contributed by atoms with E-state index in [1.807, 2.05) is 68.4 Å². The van der Waals surface area contributed by atoms with Crippen molar-refractivity contribution in [3.05, 3.63) is 78.3 Å². The summed E-state index contributed by atoms with van der Waals surface area (Å²) in [6.07, 6.45) is 1.63. The third-order valence-corrected chi connectivity index (χ3v) is 5.42. The number of rotatable bonds is 8. The molecule has 35 heavy (non-hydrogen) atoms. The Hall–Kier alpha value is -4.53. The average Bonchev–Trinajstić information content (AvgIpc) is 3.55. The van der Waals surface area contributed by atoms with Gasteiger partial charge in [0.2, 0.25) is 5.82 Å². The van der Waals surface area contributed by atoms with Crippen molar-refractivity contribution in [1.82, 2.24) is 24.9 Å². The first kappa shape index (κ1) is 22.3. The first-order valence-electron chi connectivity index (χ1n) is 11.3. The minimum absolute atomic E-state index is 0.172. The van der Waals surface area contributed by atoms with E-state index in [1.54, 1.807) is 16.9 Å². The molecule has 5 aromatic rings. The van der Waals surface area contributed by atoms with Crippen LogP contribution < -0.4 is 4.74 Å². The van der Waals surface area contributed by atoms with Crippen LogP contribution in [0, 0.1) is 0 Å². The zero-order valence-corrected chi connectivity index (χ0v) is 19.3. The summed E-state index contributed by atoms with van der Waals surface area (Å²) < 4.78 is 18.3. The Morgan fingerprint density at radius 3 is 2.63 bits per heavy atom. The van der Waals surface area contributed by atoms with Crippen molar-refractivity contribution in [2.24, 2.45) is 0 Å². The molecule has 9 nitrogen and oxygen atoms in total. The summed E-state index contributed by atoms with van der Waals surface area (Å²) in [4.78, 5) is 22.2. The topological polar surface area (TPSA) is 105 Å². The normalized spacial score (nSPS) is 11.0. The van der Waals surface area contributed by atoms with Crippen LogP contribution in [0.5, 0.6) is 5.75 Å². The Kier molecular flexibility index (Phi) is 6.21. The van der Waals surface area contributed by atoms with E-state index in [0.29, 0.717) is 52.6 Å². The molecule has 0 spiro atoms. The lowest BCUT2D eigenvalue weighted by molar-refractivity contribution is 0.0432. The minimum Gasteiger partial charge on any atom is -0.493 e. The summed E-state index contributed by atoms with van der Waals surface area (Å²) in [7, 11) is 0. The second-order valence-corrected chi connectivity index (χ2v) is 7.64. The van der Waals surface area contributed by atoms with E-state index in [9.17, 15) is 4.79 Å². The molecule has 0 aliphatic carbocycles. The fraction of sp³-hybridized carbons (Fsp3) is 0.192. The number of pyridine rings is 1. The molecule has 0 atom stereocenters. The van der Waals surface area contributed by atoms with E-state index >= 15 is 0 Å². The second kappa shape index (κ2) is 9.76. The standard InChI is InChI=1S/C26H23N5O4/c1-3-31-25-20(15-27-31)19(14-21(28-25)17-10-6-5-7-11-17)26(32)34-16-23-29-24(30-35-23)18-12-8-9-13-22(18)33-4-2/h5-15H,3-4,16H2,1-2H3. The van der Waals surface area contributed by atoms with E-state index < -0.39 is 5.97 Å². The van der Waals surface area contributed by atoms with E-state index in [-0.39, 0.29) is 12.5 Å². The van der Waals surface area contributed by atoms with E-state index in [2.05, 4.69) is 15.2 Å². The number of carbonyl (C=O) groups is 1. The van der Waals surface area contributed by atoms with Gasteiger partial charge < -0.3 is 14.0 Å². The van der Waals surface area contributed by atoms with Crippen LogP contribution >= 0.6 is 0 Å². The molecule has 0 unspecified atom stereocenters. The van der Waals surface area contributed by atoms with E-state index in [4.69, 9.17) is 19.0 Å². The van der Waals surface area contributed by atoms with Gasteiger partial charge in [-0.05, 0) is 32.0 Å².